The molecule has 1 aliphatic carbocycles. The fraction of sp³-hybridized carbons (Fsp3) is 0.643. The molecule has 1 amide bonds. The fourth-order valence-corrected chi connectivity index (χ4v) is 2.35. The number of carbonyl (C=O) groups is 1. The molecular weight excluding hydrogens is 256 g/mol. The van der Waals surface area contributed by atoms with E-state index in [1.807, 2.05) is 0 Å². The summed E-state index contributed by atoms with van der Waals surface area (Å²) in [5.74, 6) is 0.914. The third-order valence-electron chi connectivity index (χ3n) is 3.40. The van der Waals surface area contributed by atoms with Crippen LogP contribution in [0, 0.1) is 0 Å². The van der Waals surface area contributed by atoms with E-state index in [-0.39, 0.29) is 5.91 Å². The smallest absolute Gasteiger partial charge is 0.221 e. The van der Waals surface area contributed by atoms with Crippen LogP contribution in [0.25, 0.3) is 0 Å². The lowest BCUT2D eigenvalue weighted by molar-refractivity contribution is -0.121. The maximum Gasteiger partial charge on any atom is 0.221 e. The quantitative estimate of drug-likeness (QED) is 0.725. The summed E-state index contributed by atoms with van der Waals surface area (Å²) in [5, 5.41) is 6.05. The van der Waals surface area contributed by atoms with Gasteiger partial charge in [-0.3, -0.25) is 4.79 Å². The summed E-state index contributed by atoms with van der Waals surface area (Å²) < 4.78 is 4.88. The molecule has 6 nitrogen and oxygen atoms in total. The molecule has 0 aliphatic heterocycles. The van der Waals surface area contributed by atoms with Gasteiger partial charge in [0.1, 0.15) is 12.1 Å². The summed E-state index contributed by atoms with van der Waals surface area (Å²) in [7, 11) is 1.62. The van der Waals surface area contributed by atoms with Crippen LogP contribution in [-0.4, -0.2) is 42.7 Å². The predicted molar refractivity (Wildman–Crippen MR) is 76.7 cm³/mol. The summed E-state index contributed by atoms with van der Waals surface area (Å²) in [6.45, 7) is 1.68. The van der Waals surface area contributed by atoms with Crippen molar-refractivity contribution in [1.29, 1.82) is 0 Å². The Labute approximate surface area is 119 Å². The highest BCUT2D eigenvalue weighted by Gasteiger charge is 2.15. The summed E-state index contributed by atoms with van der Waals surface area (Å²) in [4.78, 5) is 20.2. The van der Waals surface area contributed by atoms with E-state index in [1.165, 1.54) is 18.4 Å². The molecule has 0 bridgehead atoms. The summed E-state index contributed by atoms with van der Waals surface area (Å²) in [6, 6.07) is 0. The SMILES string of the molecule is COCCNC(=O)CCNc1ncnc2c1CCCC2. The molecule has 0 fully saturated rings. The van der Waals surface area contributed by atoms with Crippen molar-refractivity contribution in [3.63, 3.8) is 0 Å². The molecule has 2 rings (SSSR count). The Morgan fingerprint density at radius 3 is 3.00 bits per heavy atom. The van der Waals surface area contributed by atoms with Gasteiger partial charge in [-0.25, -0.2) is 9.97 Å². The highest BCUT2D eigenvalue weighted by molar-refractivity contribution is 5.76. The van der Waals surface area contributed by atoms with E-state index >= 15 is 0 Å². The van der Waals surface area contributed by atoms with Gasteiger partial charge in [-0.2, -0.15) is 0 Å². The first-order valence-electron chi connectivity index (χ1n) is 7.13. The summed E-state index contributed by atoms with van der Waals surface area (Å²) in [5.41, 5.74) is 2.37. The number of fused-ring (bicyclic) bond motifs is 1. The Morgan fingerprint density at radius 1 is 1.30 bits per heavy atom. The van der Waals surface area contributed by atoms with Crippen LogP contribution in [0.1, 0.15) is 30.5 Å². The second-order valence-electron chi connectivity index (χ2n) is 4.87. The van der Waals surface area contributed by atoms with Gasteiger partial charge in [0.15, 0.2) is 0 Å². The average Bonchev–Trinajstić information content (AvgIpc) is 2.48. The molecule has 1 aliphatic rings. The van der Waals surface area contributed by atoms with Crippen LogP contribution in [-0.2, 0) is 22.4 Å². The van der Waals surface area contributed by atoms with Gasteiger partial charge in [0.2, 0.25) is 5.91 Å². The van der Waals surface area contributed by atoms with Gasteiger partial charge < -0.3 is 15.4 Å². The molecule has 0 saturated carbocycles. The molecule has 2 N–H and O–H groups in total. The average molecular weight is 278 g/mol. The Kier molecular flexibility index (Phi) is 5.73. The molecule has 1 aromatic rings. The molecule has 0 atom stereocenters. The van der Waals surface area contributed by atoms with Crippen LogP contribution in [0.5, 0.6) is 0 Å². The molecule has 0 aromatic carbocycles. The minimum Gasteiger partial charge on any atom is -0.383 e. The van der Waals surface area contributed by atoms with Crippen LogP contribution in [0.3, 0.4) is 0 Å². The number of nitrogens with zero attached hydrogens (tertiary/aromatic N) is 2. The first kappa shape index (κ1) is 14.7. The highest BCUT2D eigenvalue weighted by atomic mass is 16.5. The number of aromatic nitrogens is 2. The number of carbonyl (C=O) groups excluding carboxylic acids is 1. The van der Waals surface area contributed by atoms with Gasteiger partial charge in [-0.15, -0.1) is 0 Å². The Bertz CT molecular complexity index is 451. The number of hydrogen-bond donors (Lipinski definition) is 2. The number of ether oxygens (including phenoxy) is 1. The minimum absolute atomic E-state index is 0.0254. The summed E-state index contributed by atoms with van der Waals surface area (Å²) >= 11 is 0. The van der Waals surface area contributed by atoms with E-state index in [0.29, 0.717) is 26.1 Å². The van der Waals surface area contributed by atoms with Crippen LogP contribution in [0.15, 0.2) is 6.33 Å². The second-order valence-corrected chi connectivity index (χ2v) is 4.87. The van der Waals surface area contributed by atoms with E-state index < -0.39 is 0 Å². The monoisotopic (exact) mass is 278 g/mol. The van der Waals surface area contributed by atoms with Crippen LogP contribution in [0.4, 0.5) is 5.82 Å². The van der Waals surface area contributed by atoms with Gasteiger partial charge in [0.25, 0.3) is 0 Å². The van der Waals surface area contributed by atoms with Crippen LogP contribution < -0.4 is 10.6 Å². The van der Waals surface area contributed by atoms with Gasteiger partial charge >= 0.3 is 0 Å². The zero-order valence-electron chi connectivity index (χ0n) is 11.9. The zero-order chi connectivity index (χ0) is 14.2. The van der Waals surface area contributed by atoms with Crippen molar-refractivity contribution in [3.8, 4) is 0 Å². The number of anilines is 1. The van der Waals surface area contributed by atoms with Gasteiger partial charge in [0.05, 0.1) is 6.61 Å². The lowest BCUT2D eigenvalue weighted by Gasteiger charge is -2.17. The third-order valence-corrected chi connectivity index (χ3v) is 3.40. The first-order valence-corrected chi connectivity index (χ1v) is 7.13. The molecule has 0 radical (unpaired) electrons. The van der Waals surface area contributed by atoms with Crippen LogP contribution in [0.2, 0.25) is 0 Å². The molecular formula is C14H22N4O2. The maximum absolute atomic E-state index is 11.6. The van der Waals surface area contributed by atoms with E-state index in [4.69, 9.17) is 4.74 Å². The Balaban J connectivity index is 1.78. The number of hydrogen-bond acceptors (Lipinski definition) is 5. The van der Waals surface area contributed by atoms with Crippen molar-refractivity contribution >= 4 is 11.7 Å². The summed E-state index contributed by atoms with van der Waals surface area (Å²) in [6.07, 6.45) is 6.48. The van der Waals surface area contributed by atoms with Gasteiger partial charge in [-0.05, 0) is 25.7 Å². The molecule has 0 saturated heterocycles. The van der Waals surface area contributed by atoms with Crippen molar-refractivity contribution in [1.82, 2.24) is 15.3 Å². The minimum atomic E-state index is 0.0254. The molecule has 110 valence electrons. The van der Waals surface area contributed by atoms with E-state index in [1.54, 1.807) is 13.4 Å². The highest BCUT2D eigenvalue weighted by Crippen LogP contribution is 2.24. The Morgan fingerprint density at radius 2 is 2.15 bits per heavy atom. The van der Waals surface area contributed by atoms with E-state index in [2.05, 4.69) is 20.6 Å². The Hall–Kier alpha value is -1.69. The number of aryl methyl sites for hydroxylation is 1. The molecule has 1 heterocycles. The number of methoxy groups -OCH3 is 1. The van der Waals surface area contributed by atoms with E-state index in [0.717, 1.165) is 24.4 Å². The third kappa shape index (κ3) is 4.16. The van der Waals surface area contributed by atoms with Gasteiger partial charge in [0, 0.05) is 37.9 Å². The molecule has 6 heteroatoms. The standard InChI is InChI=1S/C14H22N4O2/c1-20-9-8-15-13(19)6-7-16-14-11-4-2-3-5-12(11)17-10-18-14/h10H,2-9H2,1H3,(H,15,19)(H,16,17,18). The molecule has 20 heavy (non-hydrogen) atoms. The number of rotatable bonds is 7. The van der Waals surface area contributed by atoms with Crippen molar-refractivity contribution in [2.24, 2.45) is 0 Å². The molecule has 0 unspecified atom stereocenters. The zero-order valence-corrected chi connectivity index (χ0v) is 11.9. The fourth-order valence-electron chi connectivity index (χ4n) is 2.35. The largest absolute Gasteiger partial charge is 0.383 e. The molecule has 1 aromatic heterocycles. The number of nitrogens with one attached hydrogen (secondary N) is 2. The lowest BCUT2D eigenvalue weighted by atomic mass is 9.96. The predicted octanol–water partition coefficient (Wildman–Crippen LogP) is 0.920. The molecule has 0 spiro atoms. The van der Waals surface area contributed by atoms with Crippen molar-refractivity contribution in [3.05, 3.63) is 17.6 Å². The topological polar surface area (TPSA) is 76.1 Å². The lowest BCUT2D eigenvalue weighted by Crippen LogP contribution is -2.28. The number of amides is 1. The van der Waals surface area contributed by atoms with E-state index in [9.17, 15) is 4.79 Å². The van der Waals surface area contributed by atoms with Crippen molar-refractivity contribution in [2.75, 3.05) is 32.1 Å². The normalized spacial score (nSPS) is 13.7. The first-order chi connectivity index (χ1) is 9.81. The van der Waals surface area contributed by atoms with Crippen LogP contribution >= 0.6 is 0 Å². The van der Waals surface area contributed by atoms with Crippen molar-refractivity contribution in [2.45, 2.75) is 32.1 Å². The maximum atomic E-state index is 11.6. The van der Waals surface area contributed by atoms with Gasteiger partial charge in [-0.1, -0.05) is 0 Å². The van der Waals surface area contributed by atoms with Crippen molar-refractivity contribution < 1.29 is 9.53 Å². The second kappa shape index (κ2) is 7.79.